The Morgan fingerprint density at radius 2 is 1.89 bits per heavy atom. The molecule has 1 unspecified atom stereocenters. The van der Waals surface area contributed by atoms with Crippen LogP contribution in [0.2, 0.25) is 0 Å². The third-order valence-electron chi connectivity index (χ3n) is 4.02. The highest BCUT2D eigenvalue weighted by Gasteiger charge is 2.20. The van der Waals surface area contributed by atoms with Crippen LogP contribution in [0.5, 0.6) is 0 Å². The van der Waals surface area contributed by atoms with Gasteiger partial charge in [-0.25, -0.2) is 4.79 Å². The topological polar surface area (TPSA) is 69.5 Å². The quantitative estimate of drug-likeness (QED) is 0.271. The van der Waals surface area contributed by atoms with Gasteiger partial charge < -0.3 is 14.4 Å². The largest absolute Gasteiger partial charge is 0.464 e. The highest BCUT2D eigenvalue weighted by Crippen LogP contribution is 2.20. The average molecular weight is 465 g/mol. The molecule has 2 aromatic rings. The highest BCUT2D eigenvalue weighted by molar-refractivity contribution is 9.10. The molecule has 28 heavy (non-hydrogen) atoms. The molecule has 0 heterocycles. The molecule has 0 aliphatic rings. The van der Waals surface area contributed by atoms with Crippen molar-refractivity contribution in [3.05, 3.63) is 63.1 Å². The summed E-state index contributed by atoms with van der Waals surface area (Å²) in [5.41, 5.74) is 4.03. The number of esters is 1. The van der Waals surface area contributed by atoms with Crippen LogP contribution in [0.4, 0.5) is 0 Å². The molecule has 0 aromatic heterocycles. The number of methoxy groups -OCH3 is 1. The van der Waals surface area contributed by atoms with E-state index in [0.717, 1.165) is 32.2 Å². The lowest BCUT2D eigenvalue weighted by Gasteiger charge is -2.13. The van der Waals surface area contributed by atoms with Gasteiger partial charge in [-0.05, 0) is 36.8 Å². The van der Waals surface area contributed by atoms with E-state index in [1.165, 1.54) is 14.2 Å². The smallest absolute Gasteiger partial charge is 0.360 e. The van der Waals surface area contributed by atoms with Crippen molar-refractivity contribution in [2.24, 2.45) is 10.3 Å². The molecular formula is C20H22BrN2O4P. The maximum atomic E-state index is 12.1. The number of oxime groups is 2. The fourth-order valence-electron chi connectivity index (χ4n) is 2.56. The van der Waals surface area contributed by atoms with Crippen molar-refractivity contribution >= 4 is 47.9 Å². The second kappa shape index (κ2) is 10.3. The molecule has 2 rings (SSSR count). The molecule has 148 valence electrons. The van der Waals surface area contributed by atoms with Gasteiger partial charge in [0.1, 0.15) is 13.7 Å². The third kappa shape index (κ3) is 5.40. The number of hydrogen-bond acceptors (Lipinski definition) is 6. The van der Waals surface area contributed by atoms with Gasteiger partial charge in [-0.3, -0.25) is 0 Å². The van der Waals surface area contributed by atoms with Crippen molar-refractivity contribution in [1.29, 1.82) is 0 Å². The Balaban J connectivity index is 2.31. The van der Waals surface area contributed by atoms with Gasteiger partial charge in [-0.1, -0.05) is 50.5 Å². The monoisotopic (exact) mass is 464 g/mol. The first-order chi connectivity index (χ1) is 13.4. The molecule has 0 aliphatic heterocycles. The number of aryl methyl sites for hydroxylation is 1. The second-order valence-corrected chi connectivity index (χ2v) is 7.43. The summed E-state index contributed by atoms with van der Waals surface area (Å²) in [7, 11) is 5.33. The van der Waals surface area contributed by atoms with Crippen molar-refractivity contribution in [3.8, 4) is 0 Å². The van der Waals surface area contributed by atoms with E-state index in [0.29, 0.717) is 5.56 Å². The number of carbonyl (C=O) groups is 1. The predicted octanol–water partition coefficient (Wildman–Crippen LogP) is 3.72. The van der Waals surface area contributed by atoms with Gasteiger partial charge in [-0.2, -0.15) is 0 Å². The summed E-state index contributed by atoms with van der Waals surface area (Å²) >= 11 is 3.52. The number of hydrogen-bond donors (Lipinski definition) is 0. The van der Waals surface area contributed by atoms with Crippen LogP contribution in [0.1, 0.15) is 29.2 Å². The van der Waals surface area contributed by atoms with Gasteiger partial charge in [0.05, 0.1) is 12.8 Å². The molecule has 1 atom stereocenters. The number of rotatable bonds is 7. The molecule has 0 fully saturated rings. The second-order valence-electron chi connectivity index (χ2n) is 5.90. The fraction of sp³-hybridized carbons (Fsp3) is 0.250. The van der Waals surface area contributed by atoms with Crippen LogP contribution in [0.3, 0.4) is 0 Å². The summed E-state index contributed by atoms with van der Waals surface area (Å²) in [4.78, 5) is 22.5. The Bertz CT molecular complexity index is 928. The maximum Gasteiger partial charge on any atom is 0.360 e. The minimum Gasteiger partial charge on any atom is -0.464 e. The zero-order chi connectivity index (χ0) is 20.7. The number of ether oxygens (including phenoxy) is 1. The predicted molar refractivity (Wildman–Crippen MR) is 117 cm³/mol. The van der Waals surface area contributed by atoms with E-state index < -0.39 is 5.97 Å². The van der Waals surface area contributed by atoms with Crippen LogP contribution >= 0.6 is 25.2 Å². The lowest BCUT2D eigenvalue weighted by Crippen LogP contribution is -2.20. The minimum atomic E-state index is -0.588. The first-order valence-corrected chi connectivity index (χ1v) is 9.76. The number of carbonyl (C=O) groups excluding carboxylic acids is 1. The van der Waals surface area contributed by atoms with E-state index in [2.05, 4.69) is 35.5 Å². The Hall–Kier alpha value is -2.24. The normalized spacial score (nSPS) is 11.9. The Morgan fingerprint density at radius 3 is 2.57 bits per heavy atom. The first kappa shape index (κ1) is 22.1. The molecule has 2 aromatic carbocycles. The summed E-state index contributed by atoms with van der Waals surface area (Å²) in [6, 6.07) is 11.5. The van der Waals surface area contributed by atoms with Crippen molar-refractivity contribution in [2.75, 3.05) is 14.2 Å². The van der Waals surface area contributed by atoms with E-state index in [1.54, 1.807) is 6.07 Å². The molecule has 0 radical (unpaired) electrons. The minimum absolute atomic E-state index is 0.0754. The van der Waals surface area contributed by atoms with Gasteiger partial charge >= 0.3 is 5.97 Å². The summed E-state index contributed by atoms with van der Waals surface area (Å²) in [6.45, 7) is 3.96. The molecule has 6 nitrogen and oxygen atoms in total. The molecule has 0 aliphatic carbocycles. The molecule has 0 amide bonds. The van der Waals surface area contributed by atoms with Crippen LogP contribution in [-0.4, -0.2) is 31.6 Å². The summed E-state index contributed by atoms with van der Waals surface area (Å²) in [5, 5.41) is 9.10. The van der Waals surface area contributed by atoms with E-state index in [1.807, 2.05) is 44.2 Å². The van der Waals surface area contributed by atoms with Crippen LogP contribution in [-0.2, 0) is 25.8 Å². The molecule has 8 heteroatoms. The van der Waals surface area contributed by atoms with Crippen molar-refractivity contribution in [2.45, 2.75) is 20.5 Å². The Morgan fingerprint density at radius 1 is 1.14 bits per heavy atom. The van der Waals surface area contributed by atoms with Crippen LogP contribution in [0.15, 0.2) is 51.2 Å². The standard InChI is InChI=1S/C20H22BrN2O4P/c1-12-6-5-7-15(19(23-26-4)20(24)25-3)17(12)11-27-22-13(2)16-10-14(28)8-9-18(16)21/h5-10H,11,28H2,1-4H3/b22-13+,23-19+. The number of benzene rings is 2. The SMILES string of the molecule is CO/N=C(/C(=O)OC)c1cccc(C)c1CO/N=C(\C)c1cc(P)ccc1Br. The van der Waals surface area contributed by atoms with Crippen molar-refractivity contribution < 1.29 is 19.2 Å². The lowest BCUT2D eigenvalue weighted by atomic mass is 9.99. The van der Waals surface area contributed by atoms with E-state index in [4.69, 9.17) is 14.4 Å². The first-order valence-electron chi connectivity index (χ1n) is 8.39. The number of nitrogens with zero attached hydrogens (tertiary/aromatic N) is 2. The van der Waals surface area contributed by atoms with E-state index >= 15 is 0 Å². The van der Waals surface area contributed by atoms with Gasteiger partial charge in [0.25, 0.3) is 0 Å². The van der Waals surface area contributed by atoms with Crippen LogP contribution in [0, 0.1) is 6.92 Å². The third-order valence-corrected chi connectivity index (χ3v) is 5.07. The van der Waals surface area contributed by atoms with Crippen LogP contribution < -0.4 is 5.30 Å². The van der Waals surface area contributed by atoms with Gasteiger partial charge in [0, 0.05) is 21.2 Å². The lowest BCUT2D eigenvalue weighted by molar-refractivity contribution is -0.132. The fourth-order valence-corrected chi connectivity index (χ4v) is 3.36. The molecular weight excluding hydrogens is 443 g/mol. The average Bonchev–Trinajstić information content (AvgIpc) is 2.68. The Kier molecular flexibility index (Phi) is 8.15. The van der Waals surface area contributed by atoms with Crippen molar-refractivity contribution in [1.82, 2.24) is 0 Å². The summed E-state index contributed by atoms with van der Waals surface area (Å²) in [6.07, 6.45) is 0. The zero-order valence-corrected chi connectivity index (χ0v) is 18.9. The van der Waals surface area contributed by atoms with Gasteiger partial charge in [0.2, 0.25) is 0 Å². The molecule has 0 spiro atoms. The highest BCUT2D eigenvalue weighted by atomic mass is 79.9. The Labute approximate surface area is 175 Å². The van der Waals surface area contributed by atoms with Gasteiger partial charge in [0.15, 0.2) is 5.71 Å². The zero-order valence-electron chi connectivity index (χ0n) is 16.2. The molecule has 0 N–H and O–H groups in total. The van der Waals surface area contributed by atoms with Gasteiger partial charge in [-0.15, -0.1) is 9.24 Å². The molecule has 0 saturated heterocycles. The van der Waals surface area contributed by atoms with E-state index in [9.17, 15) is 4.79 Å². The number of halogens is 1. The summed E-state index contributed by atoms with van der Waals surface area (Å²) in [5.74, 6) is -0.588. The van der Waals surface area contributed by atoms with Crippen molar-refractivity contribution in [3.63, 3.8) is 0 Å². The summed E-state index contributed by atoms with van der Waals surface area (Å²) < 4.78 is 5.74. The molecule has 0 saturated carbocycles. The maximum absolute atomic E-state index is 12.1. The molecule has 0 bridgehead atoms. The van der Waals surface area contributed by atoms with Crippen LogP contribution in [0.25, 0.3) is 0 Å². The van der Waals surface area contributed by atoms with E-state index in [-0.39, 0.29) is 12.3 Å².